The van der Waals surface area contributed by atoms with E-state index in [1.807, 2.05) is 42.5 Å². The summed E-state index contributed by atoms with van der Waals surface area (Å²) in [6, 6.07) is 18.5. The molecule has 142 valence electrons. The monoisotopic (exact) mass is 376 g/mol. The Balaban J connectivity index is 1.64. The largest absolute Gasteiger partial charge is 0.493 e. The van der Waals surface area contributed by atoms with Gasteiger partial charge in [0.05, 0.1) is 14.2 Å². The molecule has 0 saturated heterocycles. The van der Waals surface area contributed by atoms with Gasteiger partial charge in [-0.15, -0.1) is 0 Å². The number of nitrogens with one attached hydrogen (secondary N) is 2. The third kappa shape index (κ3) is 4.29. The van der Waals surface area contributed by atoms with Gasteiger partial charge >= 0.3 is 0 Å². The first-order chi connectivity index (χ1) is 13.6. The highest BCUT2D eigenvalue weighted by Crippen LogP contribution is 2.27. The van der Waals surface area contributed by atoms with Crippen LogP contribution >= 0.6 is 0 Å². The van der Waals surface area contributed by atoms with E-state index in [1.54, 1.807) is 18.2 Å². The molecule has 0 radical (unpaired) electrons. The van der Waals surface area contributed by atoms with Crippen LogP contribution in [0.25, 0.3) is 16.8 Å². The summed E-state index contributed by atoms with van der Waals surface area (Å²) in [5.74, 6) is 0.0352. The maximum absolute atomic E-state index is 12.2. The summed E-state index contributed by atoms with van der Waals surface area (Å²) >= 11 is 0. The van der Waals surface area contributed by atoms with E-state index in [0.717, 1.165) is 16.3 Å². The predicted molar refractivity (Wildman–Crippen MR) is 108 cm³/mol. The average Bonchev–Trinajstić information content (AvgIpc) is 2.75. The number of fused-ring (bicyclic) bond motifs is 1. The van der Waals surface area contributed by atoms with Gasteiger partial charge in [-0.1, -0.05) is 42.5 Å². The molecule has 0 bridgehead atoms. The molecule has 28 heavy (non-hydrogen) atoms. The number of hydrogen-bond donors (Lipinski definition) is 2. The molecular weight excluding hydrogens is 356 g/mol. The van der Waals surface area contributed by atoms with E-state index in [4.69, 9.17) is 9.47 Å². The predicted octanol–water partition coefficient (Wildman–Crippen LogP) is 3.33. The molecular formula is C22H20N2O4. The lowest BCUT2D eigenvalue weighted by Gasteiger charge is -2.10. The number of rotatable bonds is 5. The Hall–Kier alpha value is -3.80. The molecule has 3 aromatic rings. The third-order valence-electron chi connectivity index (χ3n) is 4.18. The Morgan fingerprint density at radius 2 is 1.61 bits per heavy atom. The van der Waals surface area contributed by atoms with Crippen molar-refractivity contribution in [2.75, 3.05) is 14.2 Å². The molecule has 2 amide bonds. The van der Waals surface area contributed by atoms with Gasteiger partial charge in [0.25, 0.3) is 11.8 Å². The number of carbonyl (C=O) groups is 2. The molecule has 6 nitrogen and oxygen atoms in total. The molecule has 0 aliphatic carbocycles. The second-order valence-corrected chi connectivity index (χ2v) is 5.91. The van der Waals surface area contributed by atoms with Crippen molar-refractivity contribution < 1.29 is 19.1 Å². The number of hydrogen-bond acceptors (Lipinski definition) is 4. The van der Waals surface area contributed by atoms with Crippen LogP contribution in [0, 0.1) is 0 Å². The zero-order valence-electron chi connectivity index (χ0n) is 15.6. The highest BCUT2D eigenvalue weighted by Gasteiger charge is 2.11. The van der Waals surface area contributed by atoms with E-state index in [0.29, 0.717) is 17.1 Å². The summed E-state index contributed by atoms with van der Waals surface area (Å²) in [6.45, 7) is 0. The first-order valence-electron chi connectivity index (χ1n) is 8.60. The van der Waals surface area contributed by atoms with Gasteiger partial charge in [0.1, 0.15) is 0 Å². The Morgan fingerprint density at radius 3 is 2.39 bits per heavy atom. The fourth-order valence-corrected chi connectivity index (χ4v) is 2.77. The van der Waals surface area contributed by atoms with Crippen LogP contribution in [-0.4, -0.2) is 26.0 Å². The summed E-state index contributed by atoms with van der Waals surface area (Å²) in [7, 11) is 3.00. The Kier molecular flexibility index (Phi) is 5.91. The SMILES string of the molecule is COc1ccc(C(=O)NNC(=O)C=Cc2cccc3ccccc23)cc1OC. The van der Waals surface area contributed by atoms with Crippen LogP contribution in [0.3, 0.4) is 0 Å². The van der Waals surface area contributed by atoms with Gasteiger partial charge in [-0.2, -0.15) is 0 Å². The van der Waals surface area contributed by atoms with Gasteiger partial charge in [0, 0.05) is 11.6 Å². The topological polar surface area (TPSA) is 76.7 Å². The minimum atomic E-state index is -0.465. The molecule has 0 aliphatic heterocycles. The van der Waals surface area contributed by atoms with Crippen LogP contribution < -0.4 is 20.3 Å². The molecule has 0 aromatic heterocycles. The molecule has 2 N–H and O–H groups in total. The maximum atomic E-state index is 12.2. The summed E-state index contributed by atoms with van der Waals surface area (Å²) in [4.78, 5) is 24.3. The van der Waals surface area contributed by atoms with Crippen LogP contribution in [-0.2, 0) is 4.79 Å². The number of benzene rings is 3. The molecule has 0 spiro atoms. The van der Waals surface area contributed by atoms with Crippen LogP contribution in [0.1, 0.15) is 15.9 Å². The highest BCUT2D eigenvalue weighted by molar-refractivity contribution is 5.99. The molecule has 0 aliphatic rings. The quantitative estimate of drug-likeness (QED) is 0.529. The standard InChI is InChI=1S/C22H20N2O4/c1-27-19-12-10-17(14-20(19)28-2)22(26)24-23-21(25)13-11-16-8-5-7-15-6-3-4-9-18(15)16/h3-14H,1-2H3,(H,23,25)(H,24,26). The van der Waals surface area contributed by atoms with E-state index >= 15 is 0 Å². The fourth-order valence-electron chi connectivity index (χ4n) is 2.77. The van der Waals surface area contributed by atoms with Gasteiger partial charge in [-0.3, -0.25) is 20.4 Å². The van der Waals surface area contributed by atoms with Crippen molar-refractivity contribution in [2.45, 2.75) is 0 Å². The van der Waals surface area contributed by atoms with E-state index < -0.39 is 11.8 Å². The van der Waals surface area contributed by atoms with Crippen molar-refractivity contribution in [2.24, 2.45) is 0 Å². The zero-order valence-corrected chi connectivity index (χ0v) is 15.6. The number of methoxy groups -OCH3 is 2. The molecule has 3 aromatic carbocycles. The average molecular weight is 376 g/mol. The Bertz CT molecular complexity index is 1040. The van der Waals surface area contributed by atoms with Crippen molar-refractivity contribution in [1.29, 1.82) is 0 Å². The minimum Gasteiger partial charge on any atom is -0.493 e. The van der Waals surface area contributed by atoms with Crippen molar-refractivity contribution in [3.63, 3.8) is 0 Å². The normalized spacial score (nSPS) is 10.6. The van der Waals surface area contributed by atoms with Gasteiger partial charge in [-0.25, -0.2) is 0 Å². The Morgan fingerprint density at radius 1 is 0.857 bits per heavy atom. The van der Waals surface area contributed by atoms with Crippen LogP contribution in [0.2, 0.25) is 0 Å². The molecule has 3 rings (SSSR count). The smallest absolute Gasteiger partial charge is 0.269 e. The zero-order chi connectivity index (χ0) is 19.9. The Labute approximate surface area is 162 Å². The van der Waals surface area contributed by atoms with Gasteiger partial charge in [0.2, 0.25) is 0 Å². The molecule has 0 unspecified atom stereocenters. The van der Waals surface area contributed by atoms with Crippen molar-refractivity contribution in [3.05, 3.63) is 77.9 Å². The van der Waals surface area contributed by atoms with Crippen LogP contribution in [0.15, 0.2) is 66.7 Å². The number of hydrazine groups is 1. The third-order valence-corrected chi connectivity index (χ3v) is 4.18. The lowest BCUT2D eigenvalue weighted by molar-refractivity contribution is -0.117. The fraction of sp³-hybridized carbons (Fsp3) is 0.0909. The summed E-state index contributed by atoms with van der Waals surface area (Å²) < 4.78 is 10.3. The van der Waals surface area contributed by atoms with E-state index in [2.05, 4.69) is 10.9 Å². The molecule has 6 heteroatoms. The molecule has 0 fully saturated rings. The minimum absolute atomic E-state index is 0.330. The lowest BCUT2D eigenvalue weighted by atomic mass is 10.0. The summed E-state index contributed by atoms with van der Waals surface area (Å²) in [5, 5.41) is 2.13. The number of carbonyl (C=O) groups excluding carboxylic acids is 2. The van der Waals surface area contributed by atoms with E-state index in [1.165, 1.54) is 26.4 Å². The van der Waals surface area contributed by atoms with Crippen LogP contribution in [0.4, 0.5) is 0 Å². The highest BCUT2D eigenvalue weighted by atomic mass is 16.5. The maximum Gasteiger partial charge on any atom is 0.269 e. The first kappa shape index (κ1) is 19.0. The van der Waals surface area contributed by atoms with E-state index in [-0.39, 0.29) is 0 Å². The second kappa shape index (κ2) is 8.73. The van der Waals surface area contributed by atoms with Gasteiger partial charge in [-0.05, 0) is 40.6 Å². The number of amides is 2. The molecule has 0 heterocycles. The van der Waals surface area contributed by atoms with Gasteiger partial charge in [0.15, 0.2) is 11.5 Å². The van der Waals surface area contributed by atoms with Crippen molar-refractivity contribution in [1.82, 2.24) is 10.9 Å². The van der Waals surface area contributed by atoms with Crippen molar-refractivity contribution in [3.8, 4) is 11.5 Å². The summed E-state index contributed by atoms with van der Waals surface area (Å²) in [6.07, 6.45) is 3.08. The van der Waals surface area contributed by atoms with Crippen molar-refractivity contribution >= 4 is 28.7 Å². The molecule has 0 atom stereocenters. The summed E-state index contributed by atoms with van der Waals surface area (Å²) in [5.41, 5.74) is 5.99. The van der Waals surface area contributed by atoms with E-state index in [9.17, 15) is 9.59 Å². The van der Waals surface area contributed by atoms with Crippen LogP contribution in [0.5, 0.6) is 11.5 Å². The number of ether oxygens (including phenoxy) is 2. The second-order valence-electron chi connectivity index (χ2n) is 5.91. The lowest BCUT2D eigenvalue weighted by Crippen LogP contribution is -2.40. The van der Waals surface area contributed by atoms with Gasteiger partial charge < -0.3 is 9.47 Å². The first-order valence-corrected chi connectivity index (χ1v) is 8.60. The molecule has 0 saturated carbocycles.